The predicted octanol–water partition coefficient (Wildman–Crippen LogP) is 2.32. The number of carbonyl (C=O) groups excluding carboxylic acids is 1. The Morgan fingerprint density at radius 1 is 1.37 bits per heavy atom. The van der Waals surface area contributed by atoms with E-state index in [2.05, 4.69) is 9.97 Å². The third-order valence-corrected chi connectivity index (χ3v) is 3.49. The largest absolute Gasteiger partial charge is 0.465 e. The Labute approximate surface area is 118 Å². The van der Waals surface area contributed by atoms with Gasteiger partial charge in [-0.3, -0.25) is 4.79 Å². The highest BCUT2D eigenvalue weighted by Crippen LogP contribution is 2.27. The van der Waals surface area contributed by atoms with Crippen molar-refractivity contribution in [3.05, 3.63) is 11.4 Å². The summed E-state index contributed by atoms with van der Waals surface area (Å²) in [5.41, 5.74) is 6.53. The Morgan fingerprint density at radius 2 is 2.00 bits per heavy atom. The molecule has 0 fully saturated rings. The fourth-order valence-electron chi connectivity index (χ4n) is 1.32. The van der Waals surface area contributed by atoms with Crippen LogP contribution in [0.2, 0.25) is 0 Å². The van der Waals surface area contributed by atoms with Crippen molar-refractivity contribution in [2.45, 2.75) is 45.1 Å². The molecule has 0 saturated carbocycles. The van der Waals surface area contributed by atoms with E-state index in [1.165, 1.54) is 11.8 Å². The zero-order valence-electron chi connectivity index (χ0n) is 12.1. The lowest BCUT2D eigenvalue weighted by Gasteiger charge is -2.19. The van der Waals surface area contributed by atoms with Gasteiger partial charge in [0.05, 0.1) is 12.4 Å². The molecule has 1 aromatic rings. The number of esters is 1. The monoisotopic (exact) mass is 283 g/mol. The smallest absolute Gasteiger partial charge is 0.316 e. The molecule has 2 N–H and O–H groups in total. The number of ether oxygens (including phenoxy) is 1. The second-order valence-corrected chi connectivity index (χ2v) is 6.17. The molecule has 1 rings (SSSR count). The summed E-state index contributed by atoms with van der Waals surface area (Å²) in [6.07, 6.45) is 0. The SMILES string of the molecule is CCOC(=O)CSc1nc(C(C)(C)C)nc(N)c1C. The summed E-state index contributed by atoms with van der Waals surface area (Å²) in [5.74, 6) is 1.13. The van der Waals surface area contributed by atoms with Crippen molar-refractivity contribution in [1.29, 1.82) is 0 Å². The lowest BCUT2D eigenvalue weighted by Crippen LogP contribution is -2.18. The number of nitrogens with zero attached hydrogens (tertiary/aromatic N) is 2. The van der Waals surface area contributed by atoms with E-state index in [1.54, 1.807) is 6.92 Å². The molecule has 0 spiro atoms. The van der Waals surface area contributed by atoms with Gasteiger partial charge >= 0.3 is 5.97 Å². The highest BCUT2D eigenvalue weighted by molar-refractivity contribution is 7.99. The van der Waals surface area contributed by atoms with Crippen LogP contribution in [-0.2, 0) is 14.9 Å². The number of anilines is 1. The van der Waals surface area contributed by atoms with Gasteiger partial charge in [0.15, 0.2) is 0 Å². The Balaban J connectivity index is 2.94. The van der Waals surface area contributed by atoms with Crippen LogP contribution in [0.1, 0.15) is 39.1 Å². The third kappa shape index (κ3) is 4.38. The van der Waals surface area contributed by atoms with Crippen LogP contribution in [-0.4, -0.2) is 28.3 Å². The molecule has 0 aliphatic carbocycles. The summed E-state index contributed by atoms with van der Waals surface area (Å²) >= 11 is 1.33. The van der Waals surface area contributed by atoms with Crippen LogP contribution in [0.4, 0.5) is 5.82 Å². The van der Waals surface area contributed by atoms with Gasteiger partial charge in [0.1, 0.15) is 16.7 Å². The second kappa shape index (κ2) is 6.23. The molecule has 5 nitrogen and oxygen atoms in total. The molecule has 0 aliphatic heterocycles. The summed E-state index contributed by atoms with van der Waals surface area (Å²) in [4.78, 5) is 20.2. The van der Waals surface area contributed by atoms with Crippen molar-refractivity contribution < 1.29 is 9.53 Å². The van der Waals surface area contributed by atoms with Crippen molar-refractivity contribution in [2.24, 2.45) is 0 Å². The lowest BCUT2D eigenvalue weighted by atomic mass is 9.95. The molecule has 1 aromatic heterocycles. The van der Waals surface area contributed by atoms with Gasteiger partial charge < -0.3 is 10.5 Å². The first-order valence-electron chi connectivity index (χ1n) is 6.18. The van der Waals surface area contributed by atoms with Gasteiger partial charge in [-0.2, -0.15) is 0 Å². The number of hydrogen-bond donors (Lipinski definition) is 1. The van der Waals surface area contributed by atoms with Gasteiger partial charge in [0.25, 0.3) is 0 Å². The predicted molar refractivity (Wildman–Crippen MR) is 77.2 cm³/mol. The number of nitrogen functional groups attached to an aromatic ring is 1. The maximum absolute atomic E-state index is 11.4. The number of nitrogens with two attached hydrogens (primary N) is 1. The quantitative estimate of drug-likeness (QED) is 0.519. The summed E-state index contributed by atoms with van der Waals surface area (Å²) in [5, 5.41) is 0.741. The van der Waals surface area contributed by atoms with Crippen molar-refractivity contribution in [2.75, 3.05) is 18.1 Å². The molecule has 0 aliphatic rings. The Bertz CT molecular complexity index is 470. The van der Waals surface area contributed by atoms with Crippen molar-refractivity contribution >= 4 is 23.5 Å². The molecular weight excluding hydrogens is 262 g/mol. The van der Waals surface area contributed by atoms with Crippen LogP contribution >= 0.6 is 11.8 Å². The molecule has 6 heteroatoms. The Kier molecular flexibility index (Phi) is 5.17. The van der Waals surface area contributed by atoms with Gasteiger partial charge in [-0.1, -0.05) is 32.5 Å². The van der Waals surface area contributed by atoms with Gasteiger partial charge in [-0.05, 0) is 13.8 Å². The minimum Gasteiger partial charge on any atom is -0.465 e. The molecule has 1 heterocycles. The standard InChI is InChI=1S/C13H21N3O2S/c1-6-18-9(17)7-19-11-8(2)10(14)15-12(16-11)13(3,4)5/h6-7H2,1-5H3,(H2,14,15,16). The van der Waals surface area contributed by atoms with Crippen molar-refractivity contribution in [1.82, 2.24) is 9.97 Å². The molecule has 0 unspecified atom stereocenters. The summed E-state index contributed by atoms with van der Waals surface area (Å²) in [7, 11) is 0. The minimum absolute atomic E-state index is 0.180. The van der Waals surface area contributed by atoms with E-state index in [0.717, 1.165) is 10.6 Å². The summed E-state index contributed by atoms with van der Waals surface area (Å²) in [6, 6.07) is 0. The lowest BCUT2D eigenvalue weighted by molar-refractivity contribution is -0.139. The zero-order chi connectivity index (χ0) is 14.6. The first-order valence-corrected chi connectivity index (χ1v) is 7.17. The van der Waals surface area contributed by atoms with Crippen LogP contribution in [0.15, 0.2) is 5.03 Å². The molecular formula is C13H21N3O2S. The van der Waals surface area contributed by atoms with Gasteiger partial charge in [0, 0.05) is 11.0 Å². The summed E-state index contributed by atoms with van der Waals surface area (Å²) in [6.45, 7) is 10.1. The molecule has 0 atom stereocenters. The highest BCUT2D eigenvalue weighted by Gasteiger charge is 2.21. The maximum Gasteiger partial charge on any atom is 0.316 e. The summed E-state index contributed by atoms with van der Waals surface area (Å²) < 4.78 is 4.90. The van der Waals surface area contributed by atoms with Crippen molar-refractivity contribution in [3.63, 3.8) is 0 Å². The third-order valence-electron chi connectivity index (χ3n) is 2.44. The molecule has 0 amide bonds. The minimum atomic E-state index is -0.249. The van der Waals surface area contributed by atoms with Gasteiger partial charge in [-0.15, -0.1) is 0 Å². The van der Waals surface area contributed by atoms with Crippen LogP contribution in [0.3, 0.4) is 0 Å². The topological polar surface area (TPSA) is 78.1 Å². The maximum atomic E-state index is 11.4. The number of aromatic nitrogens is 2. The number of carbonyl (C=O) groups is 1. The fraction of sp³-hybridized carbons (Fsp3) is 0.615. The van der Waals surface area contributed by atoms with E-state index in [-0.39, 0.29) is 17.1 Å². The average Bonchev–Trinajstić information content (AvgIpc) is 2.30. The highest BCUT2D eigenvalue weighted by atomic mass is 32.2. The number of thioether (sulfide) groups is 1. The zero-order valence-corrected chi connectivity index (χ0v) is 12.9. The molecule has 0 bridgehead atoms. The van der Waals surface area contributed by atoms with E-state index in [0.29, 0.717) is 18.2 Å². The molecule has 19 heavy (non-hydrogen) atoms. The van der Waals surface area contributed by atoms with E-state index in [1.807, 2.05) is 27.7 Å². The van der Waals surface area contributed by atoms with Crippen LogP contribution in [0.25, 0.3) is 0 Å². The molecule has 0 saturated heterocycles. The van der Waals surface area contributed by atoms with Crippen molar-refractivity contribution in [3.8, 4) is 0 Å². The van der Waals surface area contributed by atoms with Crippen LogP contribution < -0.4 is 5.73 Å². The molecule has 0 radical (unpaired) electrons. The van der Waals surface area contributed by atoms with E-state index in [4.69, 9.17) is 10.5 Å². The van der Waals surface area contributed by atoms with E-state index < -0.39 is 0 Å². The first kappa shape index (κ1) is 15.8. The Hall–Kier alpha value is -1.30. The molecule has 106 valence electrons. The average molecular weight is 283 g/mol. The van der Waals surface area contributed by atoms with E-state index in [9.17, 15) is 4.79 Å². The number of rotatable bonds is 4. The van der Waals surface area contributed by atoms with Crippen LogP contribution in [0.5, 0.6) is 0 Å². The van der Waals surface area contributed by atoms with Gasteiger partial charge in [0.2, 0.25) is 0 Å². The normalized spacial score (nSPS) is 11.4. The Morgan fingerprint density at radius 3 is 2.53 bits per heavy atom. The number of hydrogen-bond acceptors (Lipinski definition) is 6. The second-order valence-electron chi connectivity index (χ2n) is 5.21. The van der Waals surface area contributed by atoms with Gasteiger partial charge in [-0.25, -0.2) is 9.97 Å². The van der Waals surface area contributed by atoms with E-state index >= 15 is 0 Å². The fourth-order valence-corrected chi connectivity index (χ4v) is 2.13. The first-order chi connectivity index (χ1) is 8.75. The molecule has 0 aromatic carbocycles. The van der Waals surface area contributed by atoms with Crippen LogP contribution in [0, 0.1) is 6.92 Å².